The quantitative estimate of drug-likeness (QED) is 0.657. The molecule has 0 spiro atoms. The second-order valence-corrected chi connectivity index (χ2v) is 7.47. The van der Waals surface area contributed by atoms with Gasteiger partial charge < -0.3 is 15.7 Å². The van der Waals surface area contributed by atoms with Crippen molar-refractivity contribution in [2.75, 3.05) is 17.2 Å². The molecular formula is C20H23FN6O2. The van der Waals surface area contributed by atoms with E-state index >= 15 is 0 Å². The van der Waals surface area contributed by atoms with Crippen LogP contribution < -0.4 is 10.6 Å². The molecule has 0 aliphatic carbocycles. The predicted molar refractivity (Wildman–Crippen MR) is 106 cm³/mol. The number of carbonyl (C=O) groups is 1. The van der Waals surface area contributed by atoms with Gasteiger partial charge in [0.05, 0.1) is 30.0 Å². The standard InChI is InChI=1S/C20H23FN6O2/c1-12(20(28)29)4-5-16-14(9-13(21)10-23-16)17-3-2-7-26(17)18-6-8-27-19(25-18)15(22)11-24-27/h6,8-12,17H,2-5,7,22H2,1H3,(H,28,29). The molecule has 1 saturated heterocycles. The highest BCUT2D eigenvalue weighted by Gasteiger charge is 2.30. The number of rotatable bonds is 6. The number of aliphatic carboxylic acids is 1. The van der Waals surface area contributed by atoms with Crippen LogP contribution in [0.15, 0.2) is 30.7 Å². The normalized spacial score (nSPS) is 17.7. The third kappa shape index (κ3) is 3.72. The van der Waals surface area contributed by atoms with Gasteiger partial charge in [-0.1, -0.05) is 6.92 Å². The topological polar surface area (TPSA) is 110 Å². The molecule has 2 unspecified atom stereocenters. The molecule has 1 aliphatic heterocycles. The van der Waals surface area contributed by atoms with Crippen LogP contribution in [0.3, 0.4) is 0 Å². The lowest BCUT2D eigenvalue weighted by Crippen LogP contribution is -2.25. The van der Waals surface area contributed by atoms with E-state index in [2.05, 4.69) is 20.0 Å². The van der Waals surface area contributed by atoms with Gasteiger partial charge in [-0.15, -0.1) is 0 Å². The zero-order chi connectivity index (χ0) is 20.5. The van der Waals surface area contributed by atoms with E-state index in [0.29, 0.717) is 24.2 Å². The maximum absolute atomic E-state index is 14.1. The van der Waals surface area contributed by atoms with Gasteiger partial charge in [-0.3, -0.25) is 9.78 Å². The Balaban J connectivity index is 1.66. The highest BCUT2D eigenvalue weighted by molar-refractivity contribution is 5.69. The van der Waals surface area contributed by atoms with Gasteiger partial charge in [0.2, 0.25) is 0 Å². The van der Waals surface area contributed by atoms with Crippen molar-refractivity contribution < 1.29 is 14.3 Å². The first kappa shape index (κ1) is 19.1. The molecule has 3 N–H and O–H groups in total. The Morgan fingerprint density at radius 3 is 3.07 bits per heavy atom. The van der Waals surface area contributed by atoms with Crippen LogP contribution in [0.25, 0.3) is 5.65 Å². The molecule has 1 fully saturated rings. The third-order valence-corrected chi connectivity index (χ3v) is 5.49. The minimum absolute atomic E-state index is 0.0765. The summed E-state index contributed by atoms with van der Waals surface area (Å²) in [4.78, 5) is 22.2. The zero-order valence-electron chi connectivity index (χ0n) is 16.1. The number of pyridine rings is 1. The lowest BCUT2D eigenvalue weighted by molar-refractivity contribution is -0.141. The molecule has 29 heavy (non-hydrogen) atoms. The maximum Gasteiger partial charge on any atom is 0.306 e. The Morgan fingerprint density at radius 1 is 1.45 bits per heavy atom. The first-order valence-electron chi connectivity index (χ1n) is 9.67. The van der Waals surface area contributed by atoms with Gasteiger partial charge in [0.25, 0.3) is 0 Å². The Morgan fingerprint density at radius 2 is 2.28 bits per heavy atom. The third-order valence-electron chi connectivity index (χ3n) is 5.49. The fraction of sp³-hybridized carbons (Fsp3) is 0.400. The lowest BCUT2D eigenvalue weighted by Gasteiger charge is -2.27. The maximum atomic E-state index is 14.1. The number of anilines is 2. The first-order chi connectivity index (χ1) is 13.9. The number of nitrogens with two attached hydrogens (primary N) is 1. The van der Waals surface area contributed by atoms with Gasteiger partial charge >= 0.3 is 5.97 Å². The molecule has 9 heteroatoms. The number of hydrogen-bond acceptors (Lipinski definition) is 6. The van der Waals surface area contributed by atoms with E-state index < -0.39 is 17.7 Å². The largest absolute Gasteiger partial charge is 0.481 e. The van der Waals surface area contributed by atoms with Crippen molar-refractivity contribution in [2.45, 2.75) is 38.6 Å². The number of nitrogens with zero attached hydrogens (tertiary/aromatic N) is 5. The average molecular weight is 398 g/mol. The van der Waals surface area contributed by atoms with E-state index in [-0.39, 0.29) is 6.04 Å². The van der Waals surface area contributed by atoms with Crippen molar-refractivity contribution in [2.24, 2.45) is 5.92 Å². The number of fused-ring (bicyclic) bond motifs is 1. The first-order valence-corrected chi connectivity index (χ1v) is 9.67. The van der Waals surface area contributed by atoms with Crippen LogP contribution in [0.5, 0.6) is 0 Å². The van der Waals surface area contributed by atoms with Gasteiger partial charge in [-0.25, -0.2) is 13.9 Å². The van der Waals surface area contributed by atoms with Crippen LogP contribution in [0.4, 0.5) is 15.9 Å². The fourth-order valence-electron chi connectivity index (χ4n) is 3.86. The van der Waals surface area contributed by atoms with Crippen molar-refractivity contribution in [3.05, 3.63) is 47.8 Å². The monoisotopic (exact) mass is 398 g/mol. The number of carboxylic acid groups (broad SMARTS) is 1. The van der Waals surface area contributed by atoms with Gasteiger partial charge in [-0.2, -0.15) is 5.10 Å². The minimum Gasteiger partial charge on any atom is -0.481 e. The summed E-state index contributed by atoms with van der Waals surface area (Å²) in [6.07, 6.45) is 7.27. The van der Waals surface area contributed by atoms with E-state index in [4.69, 9.17) is 10.8 Å². The van der Waals surface area contributed by atoms with Crippen molar-refractivity contribution >= 4 is 23.1 Å². The summed E-state index contributed by atoms with van der Waals surface area (Å²) in [6.45, 7) is 2.45. The number of nitrogen functional groups attached to an aromatic ring is 1. The lowest BCUT2D eigenvalue weighted by atomic mass is 9.97. The molecule has 3 aromatic rings. The SMILES string of the molecule is CC(CCc1ncc(F)cc1C1CCCN1c1ccn2ncc(N)c2n1)C(=O)O. The molecule has 0 aromatic carbocycles. The van der Waals surface area contributed by atoms with Crippen LogP contribution in [-0.4, -0.2) is 37.2 Å². The number of halogens is 1. The summed E-state index contributed by atoms with van der Waals surface area (Å²) in [6, 6.07) is 3.31. The summed E-state index contributed by atoms with van der Waals surface area (Å²) in [5.74, 6) is -0.970. The predicted octanol–water partition coefficient (Wildman–Crippen LogP) is 2.84. The van der Waals surface area contributed by atoms with E-state index in [1.54, 1.807) is 17.6 Å². The molecule has 0 saturated carbocycles. The smallest absolute Gasteiger partial charge is 0.306 e. The summed E-state index contributed by atoms with van der Waals surface area (Å²) >= 11 is 0. The molecule has 8 nitrogen and oxygen atoms in total. The fourth-order valence-corrected chi connectivity index (χ4v) is 3.86. The Labute approximate surface area is 167 Å². The Bertz CT molecular complexity index is 1050. The van der Waals surface area contributed by atoms with Gasteiger partial charge in [0.1, 0.15) is 11.6 Å². The van der Waals surface area contributed by atoms with Crippen molar-refractivity contribution in [1.29, 1.82) is 0 Å². The summed E-state index contributed by atoms with van der Waals surface area (Å²) < 4.78 is 15.7. The summed E-state index contributed by atoms with van der Waals surface area (Å²) in [5.41, 5.74) is 8.57. The molecule has 4 rings (SSSR count). The second-order valence-electron chi connectivity index (χ2n) is 7.47. The number of carboxylic acids is 1. The van der Waals surface area contributed by atoms with E-state index in [9.17, 15) is 9.18 Å². The molecule has 3 aromatic heterocycles. The van der Waals surface area contributed by atoms with Crippen LogP contribution in [0.1, 0.15) is 43.5 Å². The van der Waals surface area contributed by atoms with Gasteiger partial charge in [0, 0.05) is 18.4 Å². The Hall–Kier alpha value is -3.23. The number of hydrogen-bond donors (Lipinski definition) is 2. The molecule has 4 heterocycles. The molecule has 0 amide bonds. The molecule has 0 radical (unpaired) electrons. The number of aryl methyl sites for hydroxylation is 1. The van der Waals surface area contributed by atoms with E-state index in [1.165, 1.54) is 12.3 Å². The highest BCUT2D eigenvalue weighted by Crippen LogP contribution is 2.37. The van der Waals surface area contributed by atoms with E-state index in [1.807, 2.05) is 12.3 Å². The minimum atomic E-state index is -0.841. The average Bonchev–Trinajstić information content (AvgIpc) is 3.33. The summed E-state index contributed by atoms with van der Waals surface area (Å²) in [5, 5.41) is 13.3. The Kier molecular flexibility index (Phi) is 5.04. The van der Waals surface area contributed by atoms with Crippen molar-refractivity contribution in [1.82, 2.24) is 19.6 Å². The summed E-state index contributed by atoms with van der Waals surface area (Å²) in [7, 11) is 0. The van der Waals surface area contributed by atoms with Crippen molar-refractivity contribution in [3.63, 3.8) is 0 Å². The highest BCUT2D eigenvalue weighted by atomic mass is 19.1. The molecule has 1 aliphatic rings. The van der Waals surface area contributed by atoms with Crippen LogP contribution in [-0.2, 0) is 11.2 Å². The molecule has 2 atom stereocenters. The van der Waals surface area contributed by atoms with Crippen LogP contribution >= 0.6 is 0 Å². The molecule has 152 valence electrons. The number of aromatic nitrogens is 4. The van der Waals surface area contributed by atoms with Crippen molar-refractivity contribution in [3.8, 4) is 0 Å². The van der Waals surface area contributed by atoms with E-state index in [0.717, 1.165) is 36.5 Å². The van der Waals surface area contributed by atoms with Crippen LogP contribution in [0.2, 0.25) is 0 Å². The zero-order valence-corrected chi connectivity index (χ0v) is 16.1. The second kappa shape index (κ2) is 7.65. The van der Waals surface area contributed by atoms with Crippen LogP contribution in [0, 0.1) is 11.7 Å². The van der Waals surface area contributed by atoms with Gasteiger partial charge in [0.15, 0.2) is 5.65 Å². The van der Waals surface area contributed by atoms with Gasteiger partial charge in [-0.05, 0) is 43.4 Å². The molecule has 0 bridgehead atoms. The molecular weight excluding hydrogens is 375 g/mol.